The van der Waals surface area contributed by atoms with E-state index < -0.39 is 0 Å². The standard InChI is InChI=1S/C19H19N7S/c1-10-7-8-13-14(23-10)5-4-6-15(13)25-17-16(20)18(22-9-21-17)26-19-24-11(2)12(3)27-19/h4-9H,20H2,1-3H3,(H2,21,22,24,25,26). The minimum Gasteiger partial charge on any atom is -0.393 e. The zero-order valence-electron chi connectivity index (χ0n) is 15.2. The van der Waals surface area contributed by atoms with Gasteiger partial charge in [-0.15, -0.1) is 11.3 Å². The maximum absolute atomic E-state index is 6.30. The van der Waals surface area contributed by atoms with Gasteiger partial charge < -0.3 is 16.4 Å². The number of nitrogens with zero attached hydrogens (tertiary/aromatic N) is 4. The van der Waals surface area contributed by atoms with Crippen LogP contribution in [0.1, 0.15) is 16.3 Å². The molecule has 0 saturated heterocycles. The largest absolute Gasteiger partial charge is 0.393 e. The monoisotopic (exact) mass is 377 g/mol. The second-order valence-electron chi connectivity index (χ2n) is 6.22. The molecule has 7 nitrogen and oxygen atoms in total. The predicted octanol–water partition coefficient (Wildman–Crippen LogP) is 4.48. The van der Waals surface area contributed by atoms with E-state index in [0.717, 1.165) is 38.0 Å². The lowest BCUT2D eigenvalue weighted by molar-refractivity contribution is 1.16. The van der Waals surface area contributed by atoms with Crippen LogP contribution in [0.2, 0.25) is 0 Å². The smallest absolute Gasteiger partial charge is 0.188 e. The molecule has 4 N–H and O–H groups in total. The van der Waals surface area contributed by atoms with E-state index in [2.05, 4.69) is 30.6 Å². The third-order valence-electron chi connectivity index (χ3n) is 4.26. The summed E-state index contributed by atoms with van der Waals surface area (Å²) in [5.74, 6) is 1.06. The fourth-order valence-electron chi connectivity index (χ4n) is 2.72. The Bertz CT molecular complexity index is 1120. The SMILES string of the molecule is Cc1ccc2c(Nc3ncnc(Nc4nc(C)c(C)s4)c3N)cccc2n1. The highest BCUT2D eigenvalue weighted by Gasteiger charge is 2.12. The van der Waals surface area contributed by atoms with Crippen LogP contribution >= 0.6 is 11.3 Å². The number of thiazole rings is 1. The molecule has 0 aliphatic heterocycles. The van der Waals surface area contributed by atoms with Crippen molar-refractivity contribution in [1.29, 1.82) is 0 Å². The molecule has 136 valence electrons. The van der Waals surface area contributed by atoms with Crippen LogP contribution in [-0.4, -0.2) is 19.9 Å². The van der Waals surface area contributed by atoms with Crippen LogP contribution in [0.15, 0.2) is 36.7 Å². The Labute approximate surface area is 160 Å². The van der Waals surface area contributed by atoms with Gasteiger partial charge in [-0.2, -0.15) is 0 Å². The van der Waals surface area contributed by atoms with Gasteiger partial charge in [0.25, 0.3) is 0 Å². The molecule has 0 atom stereocenters. The molecule has 1 aromatic carbocycles. The topological polar surface area (TPSA) is 102 Å². The molecule has 0 fully saturated rings. The van der Waals surface area contributed by atoms with Crippen molar-refractivity contribution in [2.24, 2.45) is 0 Å². The van der Waals surface area contributed by atoms with E-state index in [0.29, 0.717) is 17.3 Å². The molecule has 3 aromatic heterocycles. The lowest BCUT2D eigenvalue weighted by Gasteiger charge is -2.13. The normalized spacial score (nSPS) is 10.9. The van der Waals surface area contributed by atoms with E-state index in [-0.39, 0.29) is 0 Å². The molecule has 0 radical (unpaired) electrons. The second-order valence-corrected chi connectivity index (χ2v) is 7.42. The second kappa shape index (κ2) is 6.81. The number of pyridine rings is 1. The molecule has 3 heterocycles. The van der Waals surface area contributed by atoms with Gasteiger partial charge in [-0.05, 0) is 45.0 Å². The quantitative estimate of drug-likeness (QED) is 0.482. The van der Waals surface area contributed by atoms with Crippen molar-refractivity contribution in [2.75, 3.05) is 16.4 Å². The number of nitrogen functional groups attached to an aromatic ring is 1. The summed E-state index contributed by atoms with van der Waals surface area (Å²) in [5.41, 5.74) is 10.5. The van der Waals surface area contributed by atoms with E-state index >= 15 is 0 Å². The van der Waals surface area contributed by atoms with Gasteiger partial charge in [0, 0.05) is 21.6 Å². The molecule has 0 spiro atoms. The number of nitrogens with one attached hydrogen (secondary N) is 2. The Morgan fingerprint density at radius 3 is 2.44 bits per heavy atom. The fourth-order valence-corrected chi connectivity index (χ4v) is 3.53. The first-order valence-electron chi connectivity index (χ1n) is 8.46. The number of nitrogens with two attached hydrogens (primary N) is 1. The van der Waals surface area contributed by atoms with Crippen molar-refractivity contribution >= 4 is 50.4 Å². The third-order valence-corrected chi connectivity index (χ3v) is 5.25. The molecule has 0 amide bonds. The summed E-state index contributed by atoms with van der Waals surface area (Å²) in [6.07, 6.45) is 1.47. The van der Waals surface area contributed by atoms with Crippen molar-refractivity contribution in [3.8, 4) is 0 Å². The van der Waals surface area contributed by atoms with Crippen LogP contribution < -0.4 is 16.4 Å². The zero-order valence-corrected chi connectivity index (χ0v) is 16.1. The van der Waals surface area contributed by atoms with E-state index in [4.69, 9.17) is 5.73 Å². The first-order chi connectivity index (χ1) is 13.0. The summed E-state index contributed by atoms with van der Waals surface area (Å²) in [4.78, 5) is 18.7. The molecule has 8 heteroatoms. The van der Waals surface area contributed by atoms with E-state index in [1.54, 1.807) is 11.3 Å². The molecular weight excluding hydrogens is 358 g/mol. The minimum atomic E-state index is 0.431. The van der Waals surface area contributed by atoms with E-state index in [1.807, 2.05) is 51.1 Å². The number of aromatic nitrogens is 4. The van der Waals surface area contributed by atoms with Gasteiger partial charge in [0.2, 0.25) is 0 Å². The number of benzene rings is 1. The highest BCUT2D eigenvalue weighted by atomic mass is 32.1. The van der Waals surface area contributed by atoms with Gasteiger partial charge >= 0.3 is 0 Å². The van der Waals surface area contributed by atoms with Gasteiger partial charge in [0.1, 0.15) is 12.0 Å². The van der Waals surface area contributed by atoms with Gasteiger partial charge in [0.15, 0.2) is 16.8 Å². The van der Waals surface area contributed by atoms with Gasteiger partial charge in [-0.3, -0.25) is 4.98 Å². The number of hydrogen-bond acceptors (Lipinski definition) is 8. The summed E-state index contributed by atoms with van der Waals surface area (Å²) in [6.45, 7) is 5.98. The number of rotatable bonds is 4. The van der Waals surface area contributed by atoms with Gasteiger partial charge in [0.05, 0.1) is 11.2 Å². The third kappa shape index (κ3) is 3.39. The summed E-state index contributed by atoms with van der Waals surface area (Å²) in [5, 5.41) is 8.25. The first kappa shape index (κ1) is 17.2. The lowest BCUT2D eigenvalue weighted by atomic mass is 10.1. The number of fused-ring (bicyclic) bond motifs is 1. The summed E-state index contributed by atoms with van der Waals surface area (Å²) in [6, 6.07) is 9.93. The number of anilines is 5. The average Bonchev–Trinajstić information content (AvgIpc) is 2.96. The molecule has 0 aliphatic rings. The Hall–Kier alpha value is -3.26. The van der Waals surface area contributed by atoms with Crippen LogP contribution in [0.25, 0.3) is 10.9 Å². The predicted molar refractivity (Wildman–Crippen MR) is 111 cm³/mol. The maximum Gasteiger partial charge on any atom is 0.188 e. The van der Waals surface area contributed by atoms with Crippen molar-refractivity contribution in [1.82, 2.24) is 19.9 Å². The summed E-state index contributed by atoms with van der Waals surface area (Å²) >= 11 is 1.56. The number of aryl methyl sites for hydroxylation is 3. The van der Waals surface area contributed by atoms with Crippen LogP contribution in [0.3, 0.4) is 0 Å². The molecule has 0 bridgehead atoms. The van der Waals surface area contributed by atoms with E-state index in [1.165, 1.54) is 6.33 Å². The van der Waals surface area contributed by atoms with Crippen LogP contribution in [-0.2, 0) is 0 Å². The molecule has 4 rings (SSSR count). The molecular formula is C19H19N7S. The van der Waals surface area contributed by atoms with Crippen LogP contribution in [0.5, 0.6) is 0 Å². The number of hydrogen-bond donors (Lipinski definition) is 3. The molecule has 0 saturated carbocycles. The van der Waals surface area contributed by atoms with Gasteiger partial charge in [-0.1, -0.05) is 6.07 Å². The van der Waals surface area contributed by atoms with Crippen molar-refractivity contribution in [3.05, 3.63) is 52.9 Å². The zero-order chi connectivity index (χ0) is 19.0. The first-order valence-corrected chi connectivity index (χ1v) is 9.28. The molecule has 27 heavy (non-hydrogen) atoms. The fraction of sp³-hybridized carbons (Fsp3) is 0.158. The van der Waals surface area contributed by atoms with Crippen molar-refractivity contribution in [3.63, 3.8) is 0 Å². The van der Waals surface area contributed by atoms with Crippen LogP contribution in [0.4, 0.5) is 28.1 Å². The van der Waals surface area contributed by atoms with Gasteiger partial charge in [-0.25, -0.2) is 15.0 Å². The Kier molecular flexibility index (Phi) is 4.33. The minimum absolute atomic E-state index is 0.431. The van der Waals surface area contributed by atoms with Crippen molar-refractivity contribution in [2.45, 2.75) is 20.8 Å². The molecule has 0 unspecified atom stereocenters. The average molecular weight is 377 g/mol. The Morgan fingerprint density at radius 2 is 1.70 bits per heavy atom. The lowest BCUT2D eigenvalue weighted by Crippen LogP contribution is -2.05. The molecule has 0 aliphatic carbocycles. The van der Waals surface area contributed by atoms with Crippen LogP contribution in [0, 0.1) is 20.8 Å². The maximum atomic E-state index is 6.30. The summed E-state index contributed by atoms with van der Waals surface area (Å²) < 4.78 is 0. The molecule has 4 aromatic rings. The van der Waals surface area contributed by atoms with Crippen molar-refractivity contribution < 1.29 is 0 Å². The Balaban J connectivity index is 1.67. The van der Waals surface area contributed by atoms with E-state index in [9.17, 15) is 0 Å². The summed E-state index contributed by atoms with van der Waals surface area (Å²) in [7, 11) is 0. The highest BCUT2D eigenvalue weighted by molar-refractivity contribution is 7.15. The Morgan fingerprint density at radius 1 is 0.926 bits per heavy atom. The highest BCUT2D eigenvalue weighted by Crippen LogP contribution is 2.32.